The number of nitrogens with one attached hydrogen (secondary N) is 1. The molecule has 3 heteroatoms. The second-order valence-electron chi connectivity index (χ2n) is 5.85. The zero-order chi connectivity index (χ0) is 14.5. The van der Waals surface area contributed by atoms with Crippen LogP contribution in [0.2, 0.25) is 0 Å². The molecule has 1 aromatic rings. The van der Waals surface area contributed by atoms with Crippen LogP contribution in [0.25, 0.3) is 0 Å². The highest BCUT2D eigenvalue weighted by Gasteiger charge is 2.21. The zero-order valence-corrected chi connectivity index (χ0v) is 13.2. The number of benzene rings is 1. The minimum absolute atomic E-state index is 0.373. The van der Waals surface area contributed by atoms with E-state index in [9.17, 15) is 0 Å². The fourth-order valence-electron chi connectivity index (χ4n) is 2.73. The van der Waals surface area contributed by atoms with Gasteiger partial charge in [-0.25, -0.2) is 0 Å². The van der Waals surface area contributed by atoms with Crippen molar-refractivity contribution in [2.24, 2.45) is 0 Å². The molecule has 1 aromatic carbocycles. The van der Waals surface area contributed by atoms with Crippen LogP contribution in [-0.2, 0) is 4.74 Å². The highest BCUT2D eigenvalue weighted by Crippen LogP contribution is 2.23. The molecule has 0 spiro atoms. The van der Waals surface area contributed by atoms with E-state index in [4.69, 9.17) is 9.47 Å². The van der Waals surface area contributed by atoms with Gasteiger partial charge in [0.1, 0.15) is 12.4 Å². The van der Waals surface area contributed by atoms with Gasteiger partial charge in [-0.2, -0.15) is 0 Å². The summed E-state index contributed by atoms with van der Waals surface area (Å²) in [7, 11) is 0. The summed E-state index contributed by atoms with van der Waals surface area (Å²) in [5, 5.41) is 3.49. The van der Waals surface area contributed by atoms with Crippen LogP contribution < -0.4 is 10.1 Å². The van der Waals surface area contributed by atoms with Gasteiger partial charge in [0.05, 0.1) is 6.10 Å². The van der Waals surface area contributed by atoms with Gasteiger partial charge in [-0.05, 0) is 63.3 Å². The van der Waals surface area contributed by atoms with Crippen LogP contribution in [-0.4, -0.2) is 31.9 Å². The lowest BCUT2D eigenvalue weighted by Crippen LogP contribution is -2.39. The molecule has 1 fully saturated rings. The van der Waals surface area contributed by atoms with E-state index in [-0.39, 0.29) is 0 Å². The Morgan fingerprint density at radius 1 is 1.35 bits per heavy atom. The van der Waals surface area contributed by atoms with E-state index in [2.05, 4.69) is 45.1 Å². The quantitative estimate of drug-likeness (QED) is 0.810. The average molecular weight is 277 g/mol. The van der Waals surface area contributed by atoms with E-state index < -0.39 is 0 Å². The molecule has 0 saturated carbocycles. The first kappa shape index (κ1) is 15.3. The average Bonchev–Trinajstić information content (AvgIpc) is 2.93. The van der Waals surface area contributed by atoms with E-state index in [1.165, 1.54) is 29.5 Å². The number of rotatable bonds is 6. The lowest BCUT2D eigenvalue weighted by Gasteiger charge is -2.20. The smallest absolute Gasteiger partial charge is 0.122 e. The molecule has 0 bridgehead atoms. The monoisotopic (exact) mass is 277 g/mol. The molecule has 0 aromatic heterocycles. The Bertz CT molecular complexity index is 439. The number of aryl methyl sites for hydroxylation is 2. The van der Waals surface area contributed by atoms with E-state index in [0.717, 1.165) is 18.9 Å². The van der Waals surface area contributed by atoms with Crippen LogP contribution >= 0.6 is 0 Å². The van der Waals surface area contributed by atoms with Crippen LogP contribution in [0.4, 0.5) is 0 Å². The Morgan fingerprint density at radius 3 is 2.85 bits per heavy atom. The first-order chi connectivity index (χ1) is 9.58. The van der Waals surface area contributed by atoms with Crippen molar-refractivity contribution in [3.63, 3.8) is 0 Å². The van der Waals surface area contributed by atoms with Crippen LogP contribution in [0.3, 0.4) is 0 Å². The summed E-state index contributed by atoms with van der Waals surface area (Å²) in [5.41, 5.74) is 3.78. The highest BCUT2D eigenvalue weighted by molar-refractivity contribution is 5.41. The fourth-order valence-corrected chi connectivity index (χ4v) is 2.73. The lowest BCUT2D eigenvalue weighted by molar-refractivity contribution is 0.0824. The Labute approximate surface area is 122 Å². The van der Waals surface area contributed by atoms with Crippen molar-refractivity contribution in [2.45, 2.75) is 52.7 Å². The van der Waals surface area contributed by atoms with E-state index in [1.54, 1.807) is 0 Å². The van der Waals surface area contributed by atoms with Crippen molar-refractivity contribution in [2.75, 3.05) is 19.8 Å². The summed E-state index contributed by atoms with van der Waals surface area (Å²) in [4.78, 5) is 0. The van der Waals surface area contributed by atoms with Gasteiger partial charge in [-0.15, -0.1) is 0 Å². The van der Waals surface area contributed by atoms with Crippen LogP contribution in [0.1, 0.15) is 36.5 Å². The van der Waals surface area contributed by atoms with Crippen molar-refractivity contribution in [3.05, 3.63) is 28.8 Å². The SMILES string of the molecule is Cc1cc(C)c(C)c(OCCNC(C)C2CCCO2)c1. The molecule has 2 atom stereocenters. The second kappa shape index (κ2) is 7.09. The van der Waals surface area contributed by atoms with Gasteiger partial charge < -0.3 is 14.8 Å². The lowest BCUT2D eigenvalue weighted by atomic mass is 10.1. The molecule has 1 N–H and O–H groups in total. The number of hydrogen-bond donors (Lipinski definition) is 1. The molecule has 1 aliphatic heterocycles. The van der Waals surface area contributed by atoms with Gasteiger partial charge in [-0.1, -0.05) is 6.07 Å². The minimum atomic E-state index is 0.373. The summed E-state index contributed by atoms with van der Waals surface area (Å²) in [6.45, 7) is 11.0. The van der Waals surface area contributed by atoms with Crippen molar-refractivity contribution >= 4 is 0 Å². The Kier molecular flexibility index (Phi) is 5.44. The first-order valence-electron chi connectivity index (χ1n) is 7.63. The predicted molar refractivity (Wildman–Crippen MR) is 82.6 cm³/mol. The molecule has 0 amide bonds. The van der Waals surface area contributed by atoms with E-state index in [1.807, 2.05) is 0 Å². The summed E-state index contributed by atoms with van der Waals surface area (Å²) in [5.74, 6) is 1.01. The third-order valence-electron chi connectivity index (χ3n) is 4.11. The topological polar surface area (TPSA) is 30.5 Å². The zero-order valence-electron chi connectivity index (χ0n) is 13.2. The molecular formula is C17H27NO2. The van der Waals surface area contributed by atoms with Crippen LogP contribution in [0.15, 0.2) is 12.1 Å². The normalized spacial score (nSPS) is 20.1. The molecule has 3 nitrogen and oxygen atoms in total. The predicted octanol–water partition coefficient (Wildman–Crippen LogP) is 3.15. The summed E-state index contributed by atoms with van der Waals surface area (Å²) >= 11 is 0. The van der Waals surface area contributed by atoms with Gasteiger partial charge in [0.25, 0.3) is 0 Å². The van der Waals surface area contributed by atoms with Crippen molar-refractivity contribution in [1.82, 2.24) is 5.32 Å². The molecule has 112 valence electrons. The highest BCUT2D eigenvalue weighted by atomic mass is 16.5. The standard InChI is InChI=1S/C17H27NO2/c1-12-10-13(2)14(3)17(11-12)20-9-7-18-15(4)16-6-5-8-19-16/h10-11,15-16,18H,5-9H2,1-4H3. The van der Waals surface area contributed by atoms with Crippen LogP contribution in [0.5, 0.6) is 5.75 Å². The molecule has 0 radical (unpaired) electrons. The molecule has 20 heavy (non-hydrogen) atoms. The Hall–Kier alpha value is -1.06. The maximum Gasteiger partial charge on any atom is 0.122 e. The Balaban J connectivity index is 1.75. The van der Waals surface area contributed by atoms with Crippen molar-refractivity contribution in [1.29, 1.82) is 0 Å². The summed E-state index contributed by atoms with van der Waals surface area (Å²) in [6, 6.07) is 4.72. The largest absolute Gasteiger partial charge is 0.492 e. The molecule has 2 unspecified atom stereocenters. The molecular weight excluding hydrogens is 250 g/mol. The van der Waals surface area contributed by atoms with Crippen LogP contribution in [0, 0.1) is 20.8 Å². The number of hydrogen-bond acceptors (Lipinski definition) is 3. The Morgan fingerprint density at radius 2 is 2.15 bits per heavy atom. The van der Waals surface area contributed by atoms with E-state index >= 15 is 0 Å². The molecule has 1 saturated heterocycles. The second-order valence-corrected chi connectivity index (χ2v) is 5.85. The molecule has 2 rings (SSSR count). The summed E-state index contributed by atoms with van der Waals surface area (Å²) < 4.78 is 11.6. The van der Waals surface area contributed by atoms with Gasteiger partial charge in [0, 0.05) is 19.2 Å². The third-order valence-corrected chi connectivity index (χ3v) is 4.11. The number of ether oxygens (including phenoxy) is 2. The van der Waals surface area contributed by atoms with Gasteiger partial charge in [-0.3, -0.25) is 0 Å². The first-order valence-corrected chi connectivity index (χ1v) is 7.63. The van der Waals surface area contributed by atoms with Crippen molar-refractivity contribution in [3.8, 4) is 5.75 Å². The maximum absolute atomic E-state index is 5.91. The molecule has 1 heterocycles. The van der Waals surface area contributed by atoms with Gasteiger partial charge in [0.2, 0.25) is 0 Å². The maximum atomic E-state index is 5.91. The van der Waals surface area contributed by atoms with E-state index in [0.29, 0.717) is 18.8 Å². The molecule has 1 aliphatic rings. The fraction of sp³-hybridized carbons (Fsp3) is 0.647. The molecule has 0 aliphatic carbocycles. The van der Waals surface area contributed by atoms with Gasteiger partial charge in [0.15, 0.2) is 0 Å². The minimum Gasteiger partial charge on any atom is -0.492 e. The third kappa shape index (κ3) is 3.97. The van der Waals surface area contributed by atoms with Crippen molar-refractivity contribution < 1.29 is 9.47 Å². The summed E-state index contributed by atoms with van der Waals surface area (Å²) in [6.07, 6.45) is 2.73. The van der Waals surface area contributed by atoms with Gasteiger partial charge >= 0.3 is 0 Å².